The predicted octanol–water partition coefficient (Wildman–Crippen LogP) is 4.86. The molecule has 3 atom stereocenters. The molecular formula is C28H38Cl2N4O2. The third-order valence-corrected chi connectivity index (χ3v) is 7.41. The van der Waals surface area contributed by atoms with Gasteiger partial charge in [-0.2, -0.15) is 0 Å². The number of halogens is 2. The van der Waals surface area contributed by atoms with E-state index in [4.69, 9.17) is 23.2 Å². The maximum atomic E-state index is 13.6. The van der Waals surface area contributed by atoms with E-state index >= 15 is 0 Å². The summed E-state index contributed by atoms with van der Waals surface area (Å²) in [7, 11) is 0. The minimum Gasteiger partial charge on any atom is -0.350 e. The Morgan fingerprint density at radius 3 is 2.56 bits per heavy atom. The van der Waals surface area contributed by atoms with Gasteiger partial charge in [0, 0.05) is 43.2 Å². The molecule has 8 heteroatoms. The lowest BCUT2D eigenvalue weighted by atomic mass is 9.95. The SMILES string of the molecule is CC[C@H](CN1CC[C@@H](CNC(=O)c2ccc(Cl)c(Cl)c2)N[C@@H](CCNC(C)C)C1=O)c1ccccc1. The molecule has 0 saturated carbocycles. The first-order chi connectivity index (χ1) is 17.3. The summed E-state index contributed by atoms with van der Waals surface area (Å²) in [6.45, 7) is 8.87. The van der Waals surface area contributed by atoms with E-state index in [2.05, 4.69) is 61.0 Å². The van der Waals surface area contributed by atoms with Gasteiger partial charge in [0.15, 0.2) is 0 Å². The molecule has 2 amide bonds. The second-order valence-corrected chi connectivity index (χ2v) is 10.6. The lowest BCUT2D eigenvalue weighted by molar-refractivity contribution is -0.133. The lowest BCUT2D eigenvalue weighted by Gasteiger charge is -2.29. The highest BCUT2D eigenvalue weighted by atomic mass is 35.5. The van der Waals surface area contributed by atoms with Crippen LogP contribution in [0.25, 0.3) is 0 Å². The van der Waals surface area contributed by atoms with E-state index in [1.807, 2.05) is 11.0 Å². The monoisotopic (exact) mass is 532 g/mol. The van der Waals surface area contributed by atoms with E-state index in [1.54, 1.807) is 18.2 Å². The molecular weight excluding hydrogens is 495 g/mol. The van der Waals surface area contributed by atoms with Crippen LogP contribution in [0.3, 0.4) is 0 Å². The summed E-state index contributed by atoms with van der Waals surface area (Å²) < 4.78 is 0. The number of amides is 2. The van der Waals surface area contributed by atoms with Gasteiger partial charge in [0.05, 0.1) is 16.1 Å². The van der Waals surface area contributed by atoms with Crippen LogP contribution in [0.2, 0.25) is 10.0 Å². The molecule has 0 radical (unpaired) electrons. The van der Waals surface area contributed by atoms with Gasteiger partial charge in [-0.25, -0.2) is 0 Å². The number of carbonyl (C=O) groups excluding carboxylic acids is 2. The largest absolute Gasteiger partial charge is 0.350 e. The van der Waals surface area contributed by atoms with Crippen LogP contribution in [0.4, 0.5) is 0 Å². The summed E-state index contributed by atoms with van der Waals surface area (Å²) in [4.78, 5) is 28.3. The molecule has 1 fully saturated rings. The minimum atomic E-state index is -0.307. The molecule has 1 aliphatic heterocycles. The maximum absolute atomic E-state index is 13.6. The van der Waals surface area contributed by atoms with Gasteiger partial charge in [0.25, 0.3) is 5.91 Å². The third-order valence-electron chi connectivity index (χ3n) is 6.68. The second kappa shape index (κ2) is 14.0. The average Bonchev–Trinajstić information content (AvgIpc) is 3.01. The zero-order valence-electron chi connectivity index (χ0n) is 21.4. The Kier molecular flexibility index (Phi) is 11.1. The van der Waals surface area contributed by atoms with Crippen molar-refractivity contribution in [2.45, 2.75) is 64.1 Å². The maximum Gasteiger partial charge on any atom is 0.251 e. The van der Waals surface area contributed by atoms with Crippen LogP contribution in [0.5, 0.6) is 0 Å². The molecule has 1 heterocycles. The number of hydrogen-bond donors (Lipinski definition) is 3. The van der Waals surface area contributed by atoms with Gasteiger partial charge in [-0.15, -0.1) is 0 Å². The summed E-state index contributed by atoms with van der Waals surface area (Å²) in [5, 5.41) is 10.7. The van der Waals surface area contributed by atoms with Gasteiger partial charge >= 0.3 is 0 Å². The molecule has 0 aliphatic carbocycles. The van der Waals surface area contributed by atoms with Gasteiger partial charge in [0.1, 0.15) is 0 Å². The second-order valence-electron chi connectivity index (χ2n) is 9.74. The van der Waals surface area contributed by atoms with Gasteiger partial charge in [-0.05, 0) is 49.6 Å². The molecule has 36 heavy (non-hydrogen) atoms. The summed E-state index contributed by atoms with van der Waals surface area (Å²) in [5.74, 6) is 0.208. The first-order valence-corrected chi connectivity index (χ1v) is 13.6. The summed E-state index contributed by atoms with van der Waals surface area (Å²) in [5.41, 5.74) is 1.72. The van der Waals surface area contributed by atoms with E-state index in [9.17, 15) is 9.59 Å². The number of rotatable bonds is 11. The lowest BCUT2D eigenvalue weighted by Crippen LogP contribution is -2.50. The molecule has 0 aromatic heterocycles. The van der Waals surface area contributed by atoms with Crippen LogP contribution >= 0.6 is 23.2 Å². The fraction of sp³-hybridized carbons (Fsp3) is 0.500. The summed E-state index contributed by atoms with van der Waals surface area (Å²) in [6, 6.07) is 15.3. The van der Waals surface area contributed by atoms with Crippen molar-refractivity contribution in [2.24, 2.45) is 0 Å². The molecule has 1 aliphatic rings. The zero-order chi connectivity index (χ0) is 26.1. The molecule has 196 valence electrons. The van der Waals surface area contributed by atoms with Crippen molar-refractivity contribution in [1.29, 1.82) is 0 Å². The Morgan fingerprint density at radius 2 is 1.89 bits per heavy atom. The first-order valence-electron chi connectivity index (χ1n) is 12.8. The smallest absolute Gasteiger partial charge is 0.251 e. The molecule has 0 unspecified atom stereocenters. The zero-order valence-corrected chi connectivity index (χ0v) is 22.9. The van der Waals surface area contributed by atoms with Crippen LogP contribution < -0.4 is 16.0 Å². The van der Waals surface area contributed by atoms with E-state index in [-0.39, 0.29) is 29.8 Å². The van der Waals surface area contributed by atoms with E-state index in [0.717, 1.165) is 19.4 Å². The van der Waals surface area contributed by atoms with Crippen molar-refractivity contribution in [3.8, 4) is 0 Å². The molecule has 0 spiro atoms. The van der Waals surface area contributed by atoms with Gasteiger partial charge in [0.2, 0.25) is 5.91 Å². The Hall–Kier alpha value is -2.12. The van der Waals surface area contributed by atoms with Gasteiger partial charge < -0.3 is 20.9 Å². The summed E-state index contributed by atoms with van der Waals surface area (Å²) in [6.07, 6.45) is 2.41. The van der Waals surface area contributed by atoms with Gasteiger partial charge in [-0.3, -0.25) is 9.59 Å². The Morgan fingerprint density at radius 1 is 1.14 bits per heavy atom. The fourth-order valence-electron chi connectivity index (χ4n) is 4.56. The molecule has 2 aromatic rings. The molecule has 2 aromatic carbocycles. The fourth-order valence-corrected chi connectivity index (χ4v) is 4.86. The van der Waals surface area contributed by atoms with Crippen molar-refractivity contribution < 1.29 is 9.59 Å². The van der Waals surface area contributed by atoms with Crippen molar-refractivity contribution in [3.05, 3.63) is 69.7 Å². The topological polar surface area (TPSA) is 73.5 Å². The Bertz CT molecular complexity index is 1000. The van der Waals surface area contributed by atoms with Crippen molar-refractivity contribution in [1.82, 2.24) is 20.9 Å². The van der Waals surface area contributed by atoms with Crippen LogP contribution in [-0.4, -0.2) is 61.0 Å². The van der Waals surface area contributed by atoms with Gasteiger partial charge in [-0.1, -0.05) is 74.3 Å². The average molecular weight is 534 g/mol. The van der Waals surface area contributed by atoms with Crippen molar-refractivity contribution in [3.63, 3.8) is 0 Å². The van der Waals surface area contributed by atoms with E-state index < -0.39 is 0 Å². The van der Waals surface area contributed by atoms with Crippen LogP contribution in [-0.2, 0) is 4.79 Å². The predicted molar refractivity (Wildman–Crippen MR) is 148 cm³/mol. The molecule has 3 rings (SSSR count). The van der Waals surface area contributed by atoms with Crippen molar-refractivity contribution >= 4 is 35.0 Å². The highest BCUT2D eigenvalue weighted by molar-refractivity contribution is 6.42. The highest BCUT2D eigenvalue weighted by Crippen LogP contribution is 2.24. The highest BCUT2D eigenvalue weighted by Gasteiger charge is 2.32. The minimum absolute atomic E-state index is 0.0217. The van der Waals surface area contributed by atoms with Crippen molar-refractivity contribution in [2.75, 3.05) is 26.2 Å². The number of benzene rings is 2. The first kappa shape index (κ1) is 28.5. The number of nitrogens with zero attached hydrogens (tertiary/aromatic N) is 1. The normalized spacial score (nSPS) is 19.3. The quantitative estimate of drug-likeness (QED) is 0.386. The van der Waals surface area contributed by atoms with Crippen LogP contribution in [0, 0.1) is 0 Å². The number of nitrogens with one attached hydrogen (secondary N) is 3. The Balaban J connectivity index is 1.68. The standard InChI is InChI=1S/C28H38Cl2N4O2/c1-4-20(21-8-6-5-7-9-21)18-34-15-13-23(33-26(28(34)36)12-14-31-19(2)3)17-32-27(35)22-10-11-24(29)25(30)16-22/h5-11,16,19-20,23,26,31,33H,4,12-15,17-18H2,1-3H3,(H,32,35)/t20-,23+,26+/m1/s1. The molecule has 1 saturated heterocycles. The van der Waals surface area contributed by atoms with E-state index in [0.29, 0.717) is 47.7 Å². The van der Waals surface area contributed by atoms with Crippen LogP contribution in [0.15, 0.2) is 48.5 Å². The molecule has 6 nitrogen and oxygen atoms in total. The number of hydrogen-bond acceptors (Lipinski definition) is 4. The van der Waals surface area contributed by atoms with E-state index in [1.165, 1.54) is 5.56 Å². The Labute approximate surface area is 225 Å². The molecule has 3 N–H and O–H groups in total. The molecule has 0 bridgehead atoms. The third kappa shape index (κ3) is 8.20. The number of carbonyl (C=O) groups is 2. The van der Waals surface area contributed by atoms with Crippen LogP contribution in [0.1, 0.15) is 61.9 Å². The summed E-state index contributed by atoms with van der Waals surface area (Å²) >= 11 is 12.1.